The molecule has 0 aliphatic carbocycles. The molecule has 0 unspecified atom stereocenters. The van der Waals surface area contributed by atoms with E-state index in [4.69, 9.17) is 11.6 Å². The van der Waals surface area contributed by atoms with Gasteiger partial charge in [-0.15, -0.1) is 0 Å². The molecule has 2 aromatic rings. The van der Waals surface area contributed by atoms with E-state index in [1.807, 2.05) is 37.3 Å². The Bertz CT molecular complexity index is 942. The van der Waals surface area contributed by atoms with Crippen LogP contribution >= 0.6 is 11.6 Å². The number of hydrogen-bond donors (Lipinski definition) is 1. The normalized spacial score (nSPS) is 24.0. The first kappa shape index (κ1) is 19.7. The van der Waals surface area contributed by atoms with Crippen LogP contribution in [0.15, 0.2) is 66.2 Å². The third kappa shape index (κ3) is 3.45. The van der Waals surface area contributed by atoms with Crippen molar-refractivity contribution in [2.45, 2.75) is 31.8 Å². The SMILES string of the molecule is CC1=C[C@H](c2ccccc2)N2C(=O)N(c3ccc(Cl)cc3)C(=O)[C@@H]2[C@@H]1CCCO. The van der Waals surface area contributed by atoms with Crippen LogP contribution in [-0.4, -0.2) is 34.6 Å². The van der Waals surface area contributed by atoms with E-state index in [1.165, 1.54) is 4.90 Å². The van der Waals surface area contributed by atoms with E-state index in [1.54, 1.807) is 29.2 Å². The molecule has 0 spiro atoms. The lowest BCUT2D eigenvalue weighted by molar-refractivity contribution is -0.121. The number of anilines is 1. The first-order valence-corrected chi connectivity index (χ1v) is 10.2. The summed E-state index contributed by atoms with van der Waals surface area (Å²) in [6, 6.07) is 15.3. The second-order valence-corrected chi connectivity index (χ2v) is 7.96. The number of urea groups is 1. The molecular weight excluding hydrogens is 388 g/mol. The van der Waals surface area contributed by atoms with Crippen LogP contribution in [0.5, 0.6) is 0 Å². The van der Waals surface area contributed by atoms with Gasteiger partial charge >= 0.3 is 6.03 Å². The zero-order valence-corrected chi connectivity index (χ0v) is 16.9. The first-order valence-electron chi connectivity index (χ1n) is 9.79. The van der Waals surface area contributed by atoms with Crippen molar-refractivity contribution in [1.82, 2.24) is 4.90 Å². The predicted octanol–water partition coefficient (Wildman–Crippen LogP) is 4.57. The van der Waals surface area contributed by atoms with E-state index >= 15 is 0 Å². The highest BCUT2D eigenvalue weighted by atomic mass is 35.5. The molecule has 0 radical (unpaired) electrons. The molecule has 3 amide bonds. The van der Waals surface area contributed by atoms with Crippen molar-refractivity contribution in [2.24, 2.45) is 5.92 Å². The standard InChI is InChI=1S/C23H23ClN2O3/c1-15-14-20(16-6-3-2-4-7-16)26-21(19(15)8-5-13-27)22(28)25(23(26)29)18-11-9-17(24)10-12-18/h2-4,6-7,9-12,14,19-21,27H,5,8,13H2,1H3/t19-,20-,21+/m1/s1. The summed E-state index contributed by atoms with van der Waals surface area (Å²) < 4.78 is 0. The number of imide groups is 1. The van der Waals surface area contributed by atoms with Crippen LogP contribution in [0.1, 0.15) is 31.4 Å². The Morgan fingerprint density at radius 2 is 1.72 bits per heavy atom. The number of halogens is 1. The Hall–Kier alpha value is -2.63. The van der Waals surface area contributed by atoms with Crippen LogP contribution in [0, 0.1) is 5.92 Å². The topological polar surface area (TPSA) is 60.9 Å². The molecule has 150 valence electrons. The molecule has 2 heterocycles. The largest absolute Gasteiger partial charge is 0.396 e. The van der Waals surface area contributed by atoms with Gasteiger partial charge in [-0.25, -0.2) is 9.69 Å². The number of aliphatic hydroxyl groups is 1. The number of carbonyl (C=O) groups is 2. The highest BCUT2D eigenvalue weighted by Gasteiger charge is 2.53. The average molecular weight is 411 g/mol. The van der Waals surface area contributed by atoms with Gasteiger partial charge in [0.15, 0.2) is 0 Å². The van der Waals surface area contributed by atoms with Crippen LogP contribution in [0.4, 0.5) is 10.5 Å². The van der Waals surface area contributed by atoms with Crippen LogP contribution in [0.3, 0.4) is 0 Å². The summed E-state index contributed by atoms with van der Waals surface area (Å²) in [6.07, 6.45) is 3.30. The molecule has 1 N–H and O–H groups in total. The van der Waals surface area contributed by atoms with Gasteiger partial charge in [0.25, 0.3) is 5.91 Å². The number of benzene rings is 2. The predicted molar refractivity (Wildman–Crippen MR) is 113 cm³/mol. The number of carbonyl (C=O) groups excluding carboxylic acids is 2. The minimum absolute atomic E-state index is 0.0572. The fraction of sp³-hybridized carbons (Fsp3) is 0.304. The molecule has 0 aromatic heterocycles. The van der Waals surface area contributed by atoms with Crippen molar-refractivity contribution >= 4 is 29.2 Å². The van der Waals surface area contributed by atoms with Gasteiger partial charge in [0.05, 0.1) is 11.7 Å². The maximum atomic E-state index is 13.5. The smallest absolute Gasteiger partial charge is 0.332 e. The summed E-state index contributed by atoms with van der Waals surface area (Å²) in [7, 11) is 0. The second-order valence-electron chi connectivity index (χ2n) is 7.52. The fourth-order valence-electron chi connectivity index (χ4n) is 4.37. The van der Waals surface area contributed by atoms with Gasteiger partial charge in [-0.1, -0.05) is 53.6 Å². The molecule has 2 aliphatic heterocycles. The number of aliphatic hydroxyl groups excluding tert-OH is 1. The van der Waals surface area contributed by atoms with Gasteiger partial charge in [-0.2, -0.15) is 0 Å². The maximum Gasteiger partial charge on any atom is 0.332 e. The van der Waals surface area contributed by atoms with Crippen molar-refractivity contribution in [3.8, 4) is 0 Å². The van der Waals surface area contributed by atoms with Crippen molar-refractivity contribution in [2.75, 3.05) is 11.5 Å². The summed E-state index contributed by atoms with van der Waals surface area (Å²) in [4.78, 5) is 29.9. The third-order valence-electron chi connectivity index (χ3n) is 5.77. The molecule has 2 aromatic carbocycles. The third-order valence-corrected chi connectivity index (χ3v) is 6.02. The van der Waals surface area contributed by atoms with Gasteiger partial charge in [0.2, 0.25) is 0 Å². The monoisotopic (exact) mass is 410 g/mol. The van der Waals surface area contributed by atoms with Crippen LogP contribution in [0.25, 0.3) is 0 Å². The van der Waals surface area contributed by atoms with Crippen molar-refractivity contribution in [3.63, 3.8) is 0 Å². The fourth-order valence-corrected chi connectivity index (χ4v) is 4.50. The average Bonchev–Trinajstić information content (AvgIpc) is 2.99. The minimum Gasteiger partial charge on any atom is -0.396 e. The minimum atomic E-state index is -0.583. The molecule has 0 bridgehead atoms. The molecule has 3 atom stereocenters. The molecule has 2 aliphatic rings. The van der Waals surface area contributed by atoms with E-state index in [2.05, 4.69) is 6.08 Å². The van der Waals surface area contributed by atoms with Crippen molar-refractivity contribution < 1.29 is 14.7 Å². The van der Waals surface area contributed by atoms with Gasteiger partial charge in [-0.3, -0.25) is 4.79 Å². The molecule has 4 rings (SSSR count). The van der Waals surface area contributed by atoms with Crippen LogP contribution in [0.2, 0.25) is 5.02 Å². The van der Waals surface area contributed by atoms with Crippen molar-refractivity contribution in [1.29, 1.82) is 0 Å². The Morgan fingerprint density at radius 3 is 2.38 bits per heavy atom. The zero-order valence-electron chi connectivity index (χ0n) is 16.2. The Labute approximate surface area is 175 Å². The van der Waals surface area contributed by atoms with E-state index in [9.17, 15) is 14.7 Å². The van der Waals surface area contributed by atoms with Crippen LogP contribution in [-0.2, 0) is 4.79 Å². The molecule has 29 heavy (non-hydrogen) atoms. The lowest BCUT2D eigenvalue weighted by Crippen LogP contribution is -2.46. The maximum absolute atomic E-state index is 13.5. The molecule has 5 nitrogen and oxygen atoms in total. The molecular formula is C23H23ClN2O3. The quantitative estimate of drug-likeness (QED) is 0.580. The van der Waals surface area contributed by atoms with Gasteiger partial charge < -0.3 is 10.0 Å². The van der Waals surface area contributed by atoms with E-state index in [0.29, 0.717) is 23.6 Å². The number of amides is 3. The van der Waals surface area contributed by atoms with E-state index in [0.717, 1.165) is 11.1 Å². The summed E-state index contributed by atoms with van der Waals surface area (Å²) >= 11 is 5.98. The number of nitrogens with zero attached hydrogens (tertiary/aromatic N) is 2. The Balaban J connectivity index is 1.79. The molecule has 1 fully saturated rings. The van der Waals surface area contributed by atoms with Crippen molar-refractivity contribution in [3.05, 3.63) is 76.8 Å². The van der Waals surface area contributed by atoms with E-state index in [-0.39, 0.29) is 30.5 Å². The van der Waals surface area contributed by atoms with Gasteiger partial charge in [0, 0.05) is 17.5 Å². The first-order chi connectivity index (χ1) is 14.0. The van der Waals surface area contributed by atoms with Gasteiger partial charge in [-0.05, 0) is 49.6 Å². The summed E-state index contributed by atoms with van der Waals surface area (Å²) in [6.45, 7) is 2.07. The van der Waals surface area contributed by atoms with Crippen LogP contribution < -0.4 is 4.90 Å². The molecule has 1 saturated heterocycles. The lowest BCUT2D eigenvalue weighted by atomic mass is 9.81. The van der Waals surface area contributed by atoms with E-state index < -0.39 is 6.04 Å². The summed E-state index contributed by atoms with van der Waals surface area (Å²) in [5.41, 5.74) is 2.56. The highest BCUT2D eigenvalue weighted by molar-refractivity contribution is 6.30. The zero-order chi connectivity index (χ0) is 20.5. The molecule has 0 saturated carbocycles. The Morgan fingerprint density at radius 1 is 1.03 bits per heavy atom. The Kier molecular flexibility index (Phi) is 5.43. The summed E-state index contributed by atoms with van der Waals surface area (Å²) in [5.74, 6) is -0.343. The highest BCUT2D eigenvalue weighted by Crippen LogP contribution is 2.43. The number of rotatable bonds is 5. The van der Waals surface area contributed by atoms with Gasteiger partial charge in [0.1, 0.15) is 6.04 Å². The molecule has 6 heteroatoms. The summed E-state index contributed by atoms with van der Waals surface area (Å²) in [5, 5.41) is 9.87. The second kappa shape index (κ2) is 8.01. The number of hydrogen-bond acceptors (Lipinski definition) is 3. The number of fused-ring (bicyclic) bond motifs is 1. The lowest BCUT2D eigenvalue weighted by Gasteiger charge is -2.39.